The van der Waals surface area contributed by atoms with Gasteiger partial charge in [0.25, 0.3) is 0 Å². The van der Waals surface area contributed by atoms with Crippen LogP contribution in [0.5, 0.6) is 0 Å². The molecule has 0 N–H and O–H groups in total. The third-order valence-corrected chi connectivity index (χ3v) is 2.48. The van der Waals surface area contributed by atoms with Crippen molar-refractivity contribution in [1.82, 2.24) is 0 Å². The van der Waals surface area contributed by atoms with E-state index in [1.807, 2.05) is 0 Å². The lowest BCUT2D eigenvalue weighted by molar-refractivity contribution is 0.728. The van der Waals surface area contributed by atoms with Gasteiger partial charge in [0.1, 0.15) is 0 Å². The van der Waals surface area contributed by atoms with Gasteiger partial charge in [0, 0.05) is 5.33 Å². The van der Waals surface area contributed by atoms with E-state index in [1.54, 1.807) is 0 Å². The summed E-state index contributed by atoms with van der Waals surface area (Å²) in [5, 5.41) is 0.957. The molecule has 0 saturated carbocycles. The molecule has 86 valence electrons. The Morgan fingerprint density at radius 1 is 0.800 bits per heavy atom. The molecule has 0 fully saturated rings. The van der Waals surface area contributed by atoms with Gasteiger partial charge in [-0.05, 0) is 25.7 Å². The summed E-state index contributed by atoms with van der Waals surface area (Å²) in [5.74, 6) is 0. The number of unbranched alkanes of at least 4 members (excludes halogenated alkanes) is 3. The third kappa shape index (κ3) is 13.7. The van der Waals surface area contributed by atoms with Gasteiger partial charge in [-0.15, -0.1) is 0 Å². The van der Waals surface area contributed by atoms with Gasteiger partial charge < -0.3 is 0 Å². The molecular weight excluding hydrogens is 248 g/mol. The highest BCUT2D eigenvalue weighted by atomic mass is 79.9. The molecule has 0 unspecified atom stereocenters. The number of allylic oxidation sites excluding steroid dienone is 6. The minimum absolute atomic E-state index is 0.957. The SMILES string of the molecule is CCCCC/C=C\C/C=C\C/C=C\CBr. The van der Waals surface area contributed by atoms with E-state index in [1.165, 1.54) is 25.7 Å². The normalized spacial score (nSPS) is 12.4. The number of alkyl halides is 1. The first kappa shape index (κ1) is 14.7. The van der Waals surface area contributed by atoms with Gasteiger partial charge in [0.2, 0.25) is 0 Å². The Balaban J connectivity index is 3.24. The highest BCUT2D eigenvalue weighted by Gasteiger charge is 1.80. The van der Waals surface area contributed by atoms with E-state index in [9.17, 15) is 0 Å². The number of halogens is 1. The number of hydrogen-bond acceptors (Lipinski definition) is 0. The van der Waals surface area contributed by atoms with Crippen molar-refractivity contribution in [2.75, 3.05) is 5.33 Å². The average Bonchev–Trinajstić information content (AvgIpc) is 2.26. The zero-order chi connectivity index (χ0) is 11.2. The molecule has 0 bridgehead atoms. The second-order valence-corrected chi connectivity index (χ2v) is 4.18. The Morgan fingerprint density at radius 3 is 2.00 bits per heavy atom. The van der Waals surface area contributed by atoms with Crippen LogP contribution in [-0.4, -0.2) is 5.33 Å². The van der Waals surface area contributed by atoms with E-state index in [0.29, 0.717) is 0 Å². The van der Waals surface area contributed by atoms with Gasteiger partial charge in [-0.25, -0.2) is 0 Å². The van der Waals surface area contributed by atoms with Crippen molar-refractivity contribution in [3.63, 3.8) is 0 Å². The lowest BCUT2D eigenvalue weighted by Crippen LogP contribution is -1.70. The topological polar surface area (TPSA) is 0 Å². The van der Waals surface area contributed by atoms with E-state index in [4.69, 9.17) is 0 Å². The Bertz CT molecular complexity index is 190. The summed E-state index contributed by atoms with van der Waals surface area (Å²) < 4.78 is 0. The molecule has 0 atom stereocenters. The minimum atomic E-state index is 0.957. The predicted molar refractivity (Wildman–Crippen MR) is 74.6 cm³/mol. The molecule has 0 nitrogen and oxygen atoms in total. The van der Waals surface area contributed by atoms with Crippen molar-refractivity contribution in [3.8, 4) is 0 Å². The molecule has 0 aromatic rings. The Hall–Kier alpha value is -0.300. The number of hydrogen-bond donors (Lipinski definition) is 0. The second kappa shape index (κ2) is 13.7. The van der Waals surface area contributed by atoms with Crippen molar-refractivity contribution in [3.05, 3.63) is 36.5 Å². The standard InChI is InChI=1S/C14H23Br/c1-2-3-4-5-6-7-8-9-10-11-12-13-14-15/h6-7,9-10,12-13H,2-5,8,11,14H2,1H3/b7-6-,10-9-,13-12-. The van der Waals surface area contributed by atoms with Crippen molar-refractivity contribution in [2.45, 2.75) is 45.4 Å². The molecular formula is C14H23Br. The van der Waals surface area contributed by atoms with E-state index in [2.05, 4.69) is 59.3 Å². The van der Waals surface area contributed by atoms with Crippen LogP contribution in [-0.2, 0) is 0 Å². The summed E-state index contributed by atoms with van der Waals surface area (Å²) in [6.07, 6.45) is 20.7. The lowest BCUT2D eigenvalue weighted by Gasteiger charge is -1.90. The van der Waals surface area contributed by atoms with Crippen molar-refractivity contribution >= 4 is 15.9 Å². The summed E-state index contributed by atoms with van der Waals surface area (Å²) in [6, 6.07) is 0. The summed E-state index contributed by atoms with van der Waals surface area (Å²) >= 11 is 3.35. The van der Waals surface area contributed by atoms with E-state index < -0.39 is 0 Å². The van der Waals surface area contributed by atoms with Crippen molar-refractivity contribution in [2.24, 2.45) is 0 Å². The molecule has 0 aliphatic carbocycles. The summed E-state index contributed by atoms with van der Waals surface area (Å²) in [5.41, 5.74) is 0. The minimum Gasteiger partial charge on any atom is -0.0883 e. The Labute approximate surface area is 103 Å². The third-order valence-electron chi connectivity index (χ3n) is 2.11. The highest BCUT2D eigenvalue weighted by Crippen LogP contribution is 2.00. The van der Waals surface area contributed by atoms with Crippen LogP contribution in [0.4, 0.5) is 0 Å². The molecule has 0 amide bonds. The highest BCUT2D eigenvalue weighted by molar-refractivity contribution is 9.09. The van der Waals surface area contributed by atoms with Gasteiger partial charge >= 0.3 is 0 Å². The quantitative estimate of drug-likeness (QED) is 0.299. The van der Waals surface area contributed by atoms with Gasteiger partial charge in [0.05, 0.1) is 0 Å². The van der Waals surface area contributed by atoms with Crippen molar-refractivity contribution in [1.29, 1.82) is 0 Å². The van der Waals surface area contributed by atoms with Gasteiger partial charge in [-0.1, -0.05) is 72.2 Å². The number of rotatable bonds is 9. The maximum atomic E-state index is 3.35. The molecule has 0 heterocycles. The van der Waals surface area contributed by atoms with Crippen LogP contribution in [0.15, 0.2) is 36.5 Å². The first-order valence-corrected chi connectivity index (χ1v) is 7.05. The van der Waals surface area contributed by atoms with Crippen LogP contribution in [0.3, 0.4) is 0 Å². The molecule has 0 aliphatic heterocycles. The first-order valence-electron chi connectivity index (χ1n) is 5.92. The molecule has 0 rings (SSSR count). The second-order valence-electron chi connectivity index (χ2n) is 3.54. The zero-order valence-corrected chi connectivity index (χ0v) is 11.4. The van der Waals surface area contributed by atoms with Crippen LogP contribution in [0.2, 0.25) is 0 Å². The van der Waals surface area contributed by atoms with Gasteiger partial charge in [-0.3, -0.25) is 0 Å². The molecule has 0 radical (unpaired) electrons. The Kier molecular flexibility index (Phi) is 13.4. The van der Waals surface area contributed by atoms with Crippen LogP contribution in [0.1, 0.15) is 45.4 Å². The fraction of sp³-hybridized carbons (Fsp3) is 0.571. The van der Waals surface area contributed by atoms with Crippen LogP contribution < -0.4 is 0 Å². The molecule has 15 heavy (non-hydrogen) atoms. The summed E-state index contributed by atoms with van der Waals surface area (Å²) in [6.45, 7) is 2.24. The summed E-state index contributed by atoms with van der Waals surface area (Å²) in [7, 11) is 0. The molecule has 0 aromatic carbocycles. The van der Waals surface area contributed by atoms with Crippen LogP contribution in [0, 0.1) is 0 Å². The van der Waals surface area contributed by atoms with Gasteiger partial charge in [0.15, 0.2) is 0 Å². The fourth-order valence-corrected chi connectivity index (χ4v) is 1.50. The molecule has 1 heteroatoms. The molecule has 0 saturated heterocycles. The van der Waals surface area contributed by atoms with E-state index in [0.717, 1.165) is 18.2 Å². The maximum Gasteiger partial charge on any atom is 0.0212 e. The summed E-state index contributed by atoms with van der Waals surface area (Å²) in [4.78, 5) is 0. The van der Waals surface area contributed by atoms with E-state index >= 15 is 0 Å². The van der Waals surface area contributed by atoms with E-state index in [-0.39, 0.29) is 0 Å². The molecule has 0 aliphatic rings. The van der Waals surface area contributed by atoms with Gasteiger partial charge in [-0.2, -0.15) is 0 Å². The zero-order valence-electron chi connectivity index (χ0n) is 9.79. The largest absolute Gasteiger partial charge is 0.0883 e. The first-order chi connectivity index (χ1) is 7.41. The average molecular weight is 271 g/mol. The monoisotopic (exact) mass is 270 g/mol. The smallest absolute Gasteiger partial charge is 0.0212 e. The predicted octanol–water partition coefficient (Wildman–Crippen LogP) is 5.41. The van der Waals surface area contributed by atoms with Crippen molar-refractivity contribution < 1.29 is 0 Å². The molecule has 0 spiro atoms. The van der Waals surface area contributed by atoms with Crippen LogP contribution in [0.25, 0.3) is 0 Å². The molecule has 0 aromatic heterocycles. The fourth-order valence-electron chi connectivity index (χ4n) is 1.24. The van der Waals surface area contributed by atoms with Crippen LogP contribution >= 0.6 is 15.9 Å². The Morgan fingerprint density at radius 2 is 1.40 bits per heavy atom. The lowest BCUT2D eigenvalue weighted by atomic mass is 10.2. The maximum absolute atomic E-state index is 3.35.